The second kappa shape index (κ2) is 7.30. The van der Waals surface area contributed by atoms with Gasteiger partial charge in [0.2, 0.25) is 0 Å². The molecule has 0 radical (unpaired) electrons. The van der Waals surface area contributed by atoms with E-state index in [1.165, 1.54) is 5.56 Å². The molecule has 2 nitrogen and oxygen atoms in total. The van der Waals surface area contributed by atoms with E-state index in [1.54, 1.807) is 7.11 Å². The van der Waals surface area contributed by atoms with Crippen molar-refractivity contribution in [3.8, 4) is 5.75 Å². The van der Waals surface area contributed by atoms with Crippen molar-refractivity contribution in [1.29, 1.82) is 0 Å². The summed E-state index contributed by atoms with van der Waals surface area (Å²) in [5, 5.41) is 3.51. The third-order valence-corrected chi connectivity index (χ3v) is 4.04. The first kappa shape index (κ1) is 16.5. The summed E-state index contributed by atoms with van der Waals surface area (Å²) >= 11 is 3.66. The van der Waals surface area contributed by atoms with Crippen LogP contribution in [-0.4, -0.2) is 20.2 Å². The zero-order valence-corrected chi connectivity index (χ0v) is 14.3. The number of rotatable bonds is 7. The Bertz CT molecular complexity index is 402. The molecule has 0 spiro atoms. The highest BCUT2D eigenvalue weighted by molar-refractivity contribution is 9.10. The van der Waals surface area contributed by atoms with Crippen molar-refractivity contribution >= 4 is 15.9 Å². The van der Waals surface area contributed by atoms with E-state index >= 15 is 0 Å². The highest BCUT2D eigenvalue weighted by Gasteiger charge is 2.22. The zero-order chi connectivity index (χ0) is 14.5. The summed E-state index contributed by atoms with van der Waals surface area (Å²) in [5.74, 6) is 1.60. The highest BCUT2D eigenvalue weighted by Crippen LogP contribution is 2.34. The second-order valence-electron chi connectivity index (χ2n) is 6.08. The summed E-state index contributed by atoms with van der Waals surface area (Å²) in [6, 6.07) is 6.23. The van der Waals surface area contributed by atoms with Crippen molar-refractivity contribution < 1.29 is 4.74 Å². The van der Waals surface area contributed by atoms with E-state index in [0.29, 0.717) is 5.92 Å². The Morgan fingerprint density at radius 3 is 2.53 bits per heavy atom. The molecule has 0 saturated carbocycles. The Balaban J connectivity index is 2.66. The summed E-state index contributed by atoms with van der Waals surface area (Å²) in [6.07, 6.45) is 1.12. The van der Waals surface area contributed by atoms with Crippen LogP contribution < -0.4 is 10.1 Å². The van der Waals surface area contributed by atoms with Gasteiger partial charge in [-0.3, -0.25) is 0 Å². The first-order chi connectivity index (χ1) is 8.86. The monoisotopic (exact) mass is 327 g/mol. The molecule has 0 aliphatic carbocycles. The molecular formula is C16H26BrNO. The Morgan fingerprint density at radius 2 is 2.00 bits per heavy atom. The van der Waals surface area contributed by atoms with E-state index in [0.717, 1.165) is 29.7 Å². The average Bonchev–Trinajstić information content (AvgIpc) is 2.34. The van der Waals surface area contributed by atoms with Crippen molar-refractivity contribution in [1.82, 2.24) is 5.32 Å². The van der Waals surface area contributed by atoms with Gasteiger partial charge in [-0.05, 0) is 48.5 Å². The van der Waals surface area contributed by atoms with Gasteiger partial charge in [0.25, 0.3) is 0 Å². The molecule has 0 unspecified atom stereocenters. The third-order valence-electron chi connectivity index (χ3n) is 3.38. The molecule has 0 amide bonds. The lowest BCUT2D eigenvalue weighted by Crippen LogP contribution is -2.28. The fourth-order valence-electron chi connectivity index (χ4n) is 2.10. The van der Waals surface area contributed by atoms with Crippen LogP contribution in [0.3, 0.4) is 0 Å². The molecule has 0 atom stereocenters. The molecule has 0 aliphatic heterocycles. The Morgan fingerprint density at radius 1 is 1.32 bits per heavy atom. The van der Waals surface area contributed by atoms with Crippen LogP contribution >= 0.6 is 15.9 Å². The van der Waals surface area contributed by atoms with Crippen molar-refractivity contribution in [2.24, 2.45) is 5.92 Å². The molecule has 3 heteroatoms. The number of hydrogen-bond donors (Lipinski definition) is 1. The van der Waals surface area contributed by atoms with Gasteiger partial charge in [-0.15, -0.1) is 0 Å². The van der Waals surface area contributed by atoms with Gasteiger partial charge in [0.05, 0.1) is 7.11 Å². The lowest BCUT2D eigenvalue weighted by molar-refractivity contribution is 0.411. The van der Waals surface area contributed by atoms with E-state index < -0.39 is 0 Å². The lowest BCUT2D eigenvalue weighted by Gasteiger charge is -2.27. The summed E-state index contributed by atoms with van der Waals surface area (Å²) < 4.78 is 6.37. The first-order valence-corrected chi connectivity index (χ1v) is 7.71. The maximum absolute atomic E-state index is 5.25. The van der Waals surface area contributed by atoms with Gasteiger partial charge in [-0.2, -0.15) is 0 Å². The Labute approximate surface area is 126 Å². The van der Waals surface area contributed by atoms with E-state index in [-0.39, 0.29) is 5.41 Å². The molecule has 0 heterocycles. The van der Waals surface area contributed by atoms with Crippen LogP contribution in [0, 0.1) is 5.92 Å². The number of halogens is 1. The molecule has 1 N–H and O–H groups in total. The molecule has 1 rings (SSSR count). The molecule has 1 aromatic carbocycles. The number of hydrogen-bond acceptors (Lipinski definition) is 2. The third kappa shape index (κ3) is 5.15. The van der Waals surface area contributed by atoms with Crippen molar-refractivity contribution in [2.45, 2.75) is 39.5 Å². The molecular weight excluding hydrogens is 302 g/mol. The Hall–Kier alpha value is -0.540. The summed E-state index contributed by atoms with van der Waals surface area (Å²) in [6.45, 7) is 11.2. The van der Waals surface area contributed by atoms with Gasteiger partial charge >= 0.3 is 0 Å². The summed E-state index contributed by atoms with van der Waals surface area (Å²) in [4.78, 5) is 0. The number of nitrogens with one attached hydrogen (secondary N) is 1. The topological polar surface area (TPSA) is 21.3 Å². The van der Waals surface area contributed by atoms with Crippen LogP contribution in [0.25, 0.3) is 0 Å². The zero-order valence-electron chi connectivity index (χ0n) is 12.7. The number of benzene rings is 1. The fourth-order valence-corrected chi connectivity index (χ4v) is 2.99. The quantitative estimate of drug-likeness (QED) is 0.751. The fraction of sp³-hybridized carbons (Fsp3) is 0.625. The molecule has 1 aromatic rings. The van der Waals surface area contributed by atoms with Crippen LogP contribution in [0.5, 0.6) is 5.75 Å². The lowest BCUT2D eigenvalue weighted by atomic mass is 9.81. The minimum Gasteiger partial charge on any atom is -0.497 e. The van der Waals surface area contributed by atoms with Gasteiger partial charge in [-0.1, -0.05) is 49.7 Å². The second-order valence-corrected chi connectivity index (χ2v) is 6.93. The molecule has 19 heavy (non-hydrogen) atoms. The summed E-state index contributed by atoms with van der Waals surface area (Å²) in [5.41, 5.74) is 1.48. The Kier molecular flexibility index (Phi) is 6.34. The van der Waals surface area contributed by atoms with E-state index in [1.807, 2.05) is 12.1 Å². The van der Waals surface area contributed by atoms with Crippen molar-refractivity contribution in [3.63, 3.8) is 0 Å². The summed E-state index contributed by atoms with van der Waals surface area (Å²) in [7, 11) is 1.70. The van der Waals surface area contributed by atoms with Gasteiger partial charge < -0.3 is 10.1 Å². The number of methoxy groups -OCH3 is 1. The van der Waals surface area contributed by atoms with Gasteiger partial charge in [-0.25, -0.2) is 0 Å². The maximum Gasteiger partial charge on any atom is 0.120 e. The van der Waals surface area contributed by atoms with Crippen LogP contribution in [-0.2, 0) is 5.41 Å². The van der Waals surface area contributed by atoms with Crippen LogP contribution in [0.4, 0.5) is 0 Å². The van der Waals surface area contributed by atoms with Crippen molar-refractivity contribution in [2.75, 3.05) is 20.2 Å². The van der Waals surface area contributed by atoms with Gasteiger partial charge in [0.15, 0.2) is 0 Å². The standard InChI is InChI=1S/C16H26BrNO/c1-12(2)11-18-9-8-16(3,4)14-7-6-13(19-5)10-15(14)17/h6-7,10,12,18H,8-9,11H2,1-5H3. The van der Waals surface area contributed by atoms with Crippen molar-refractivity contribution in [3.05, 3.63) is 28.2 Å². The molecule has 0 saturated heterocycles. The normalized spacial score (nSPS) is 11.9. The minimum atomic E-state index is 0.148. The minimum absolute atomic E-state index is 0.148. The van der Waals surface area contributed by atoms with Gasteiger partial charge in [0.1, 0.15) is 5.75 Å². The predicted octanol–water partition coefficient (Wildman–Crippen LogP) is 4.37. The van der Waals surface area contributed by atoms with Gasteiger partial charge in [0, 0.05) is 4.47 Å². The molecule has 0 bridgehead atoms. The SMILES string of the molecule is COc1ccc(C(C)(C)CCNCC(C)C)c(Br)c1. The smallest absolute Gasteiger partial charge is 0.120 e. The van der Waals surface area contributed by atoms with E-state index in [4.69, 9.17) is 4.74 Å². The van der Waals surface area contributed by atoms with E-state index in [2.05, 4.69) is 55.0 Å². The molecule has 0 aliphatic rings. The average molecular weight is 328 g/mol. The molecule has 0 aromatic heterocycles. The molecule has 108 valence electrons. The van der Waals surface area contributed by atoms with Crippen LogP contribution in [0.1, 0.15) is 39.7 Å². The van der Waals surface area contributed by atoms with E-state index in [9.17, 15) is 0 Å². The molecule has 0 fully saturated rings. The number of ether oxygens (including phenoxy) is 1. The predicted molar refractivity (Wildman–Crippen MR) is 86.0 cm³/mol. The highest BCUT2D eigenvalue weighted by atomic mass is 79.9. The van der Waals surface area contributed by atoms with Crippen LogP contribution in [0.15, 0.2) is 22.7 Å². The van der Waals surface area contributed by atoms with Crippen LogP contribution in [0.2, 0.25) is 0 Å². The largest absolute Gasteiger partial charge is 0.497 e. The first-order valence-electron chi connectivity index (χ1n) is 6.91. The maximum atomic E-state index is 5.25.